The number of nitrogens with zero attached hydrogens (tertiary/aromatic N) is 4. The zero-order valence-electron chi connectivity index (χ0n) is 14.0. The Bertz CT molecular complexity index is 619. The number of rotatable bonds is 6. The first-order valence-electron chi connectivity index (χ1n) is 7.53. The van der Waals surface area contributed by atoms with E-state index in [1.54, 1.807) is 17.5 Å². The molecule has 0 bridgehead atoms. The number of halogens is 1. The van der Waals surface area contributed by atoms with Crippen molar-refractivity contribution >= 4 is 41.3 Å². The maximum atomic E-state index is 4.61. The molecule has 8 heteroatoms. The van der Waals surface area contributed by atoms with Crippen molar-refractivity contribution in [2.45, 2.75) is 39.8 Å². The number of nitrogens with one attached hydrogen (secondary N) is 2. The van der Waals surface area contributed by atoms with E-state index in [1.807, 2.05) is 17.8 Å². The number of thiazole rings is 1. The molecule has 128 valence electrons. The van der Waals surface area contributed by atoms with E-state index in [0.717, 1.165) is 28.9 Å². The van der Waals surface area contributed by atoms with Gasteiger partial charge in [-0.2, -0.15) is 5.10 Å². The Kier molecular flexibility index (Phi) is 8.53. The Morgan fingerprint density at radius 3 is 2.74 bits per heavy atom. The Labute approximate surface area is 158 Å². The minimum absolute atomic E-state index is 0. The largest absolute Gasteiger partial charge is 0.357 e. The van der Waals surface area contributed by atoms with Crippen molar-refractivity contribution in [1.82, 2.24) is 25.4 Å². The summed E-state index contributed by atoms with van der Waals surface area (Å²) in [5.74, 6) is 1.27. The molecule has 0 unspecified atom stereocenters. The van der Waals surface area contributed by atoms with Gasteiger partial charge in [0, 0.05) is 31.1 Å². The highest BCUT2D eigenvalue weighted by molar-refractivity contribution is 14.0. The lowest BCUT2D eigenvalue weighted by atomic mass is 10.2. The van der Waals surface area contributed by atoms with E-state index in [4.69, 9.17) is 0 Å². The molecule has 0 atom stereocenters. The van der Waals surface area contributed by atoms with E-state index < -0.39 is 0 Å². The summed E-state index contributed by atoms with van der Waals surface area (Å²) in [7, 11) is 1.93. The normalized spacial score (nSPS) is 11.4. The maximum Gasteiger partial charge on any atom is 0.191 e. The summed E-state index contributed by atoms with van der Waals surface area (Å²) in [5, 5.41) is 14.0. The molecule has 0 aromatic carbocycles. The third-order valence-corrected chi connectivity index (χ3v) is 4.36. The molecule has 0 spiro atoms. The first-order chi connectivity index (χ1) is 10.6. The Morgan fingerprint density at radius 1 is 1.39 bits per heavy atom. The summed E-state index contributed by atoms with van der Waals surface area (Å²) >= 11 is 1.70. The van der Waals surface area contributed by atoms with Crippen LogP contribution in [0.2, 0.25) is 0 Å². The van der Waals surface area contributed by atoms with Crippen LogP contribution in [0.4, 0.5) is 0 Å². The number of aryl methyl sites for hydroxylation is 1. The number of guanidine groups is 1. The van der Waals surface area contributed by atoms with Crippen molar-refractivity contribution in [3.05, 3.63) is 34.0 Å². The Morgan fingerprint density at radius 2 is 2.17 bits per heavy atom. The average Bonchev–Trinajstić information content (AvgIpc) is 3.11. The predicted molar refractivity (Wildman–Crippen MR) is 106 cm³/mol. The first kappa shape index (κ1) is 19.9. The van der Waals surface area contributed by atoms with Gasteiger partial charge in [0.2, 0.25) is 0 Å². The first-order valence-corrected chi connectivity index (χ1v) is 8.41. The van der Waals surface area contributed by atoms with Crippen LogP contribution in [0, 0.1) is 0 Å². The average molecular weight is 448 g/mol. The van der Waals surface area contributed by atoms with Crippen molar-refractivity contribution in [3.8, 4) is 0 Å². The van der Waals surface area contributed by atoms with Crippen molar-refractivity contribution in [2.24, 2.45) is 12.0 Å². The van der Waals surface area contributed by atoms with Gasteiger partial charge in [-0.25, -0.2) is 9.98 Å². The smallest absolute Gasteiger partial charge is 0.191 e. The molecule has 0 radical (unpaired) electrons. The fourth-order valence-corrected chi connectivity index (χ4v) is 2.74. The number of aliphatic imine (C=N–C) groups is 1. The van der Waals surface area contributed by atoms with Gasteiger partial charge in [0.15, 0.2) is 5.96 Å². The molecular weight excluding hydrogens is 423 g/mol. The van der Waals surface area contributed by atoms with Crippen molar-refractivity contribution < 1.29 is 0 Å². The third-order valence-electron chi connectivity index (χ3n) is 3.17. The summed E-state index contributed by atoms with van der Waals surface area (Å²) in [6.45, 7) is 8.48. The highest BCUT2D eigenvalue weighted by Gasteiger charge is 2.06. The van der Waals surface area contributed by atoms with Crippen molar-refractivity contribution in [2.75, 3.05) is 6.54 Å². The molecule has 2 N–H and O–H groups in total. The van der Waals surface area contributed by atoms with Gasteiger partial charge in [-0.15, -0.1) is 35.3 Å². The summed E-state index contributed by atoms with van der Waals surface area (Å²) in [6, 6.07) is 1.99. The monoisotopic (exact) mass is 448 g/mol. The maximum absolute atomic E-state index is 4.61. The number of hydrogen-bond donors (Lipinski definition) is 2. The molecular formula is C15H25IN6S. The lowest BCUT2D eigenvalue weighted by Crippen LogP contribution is -2.37. The zero-order chi connectivity index (χ0) is 15.9. The van der Waals surface area contributed by atoms with Crippen molar-refractivity contribution in [1.29, 1.82) is 0 Å². The minimum atomic E-state index is 0. The lowest BCUT2D eigenvalue weighted by Gasteiger charge is -2.11. The molecule has 2 heterocycles. The van der Waals surface area contributed by atoms with Gasteiger partial charge in [-0.05, 0) is 13.0 Å². The second-order valence-corrected chi connectivity index (χ2v) is 6.22. The zero-order valence-corrected chi connectivity index (χ0v) is 17.2. The SMILES string of the molecule is CCNC(=NCc1csc(C(C)C)n1)NCc1ccnn1C.I. The molecule has 0 amide bonds. The van der Waals surface area contributed by atoms with Crippen LogP contribution in [0.25, 0.3) is 0 Å². The summed E-state index contributed by atoms with van der Waals surface area (Å²) < 4.78 is 1.85. The second kappa shape index (κ2) is 9.86. The van der Waals surface area contributed by atoms with Crippen LogP contribution in [0.1, 0.15) is 43.1 Å². The van der Waals surface area contributed by atoms with E-state index >= 15 is 0 Å². The van der Waals surface area contributed by atoms with Gasteiger partial charge < -0.3 is 10.6 Å². The van der Waals surface area contributed by atoms with Gasteiger partial charge in [0.1, 0.15) is 0 Å². The standard InChI is InChI=1S/C15H24N6S.HI/c1-5-16-15(18-9-13-6-7-19-21(13)4)17-8-12-10-22-14(20-12)11(2)3;/h6-7,10-11H,5,8-9H2,1-4H3,(H2,16,17,18);1H. The van der Waals surface area contributed by atoms with E-state index in [0.29, 0.717) is 19.0 Å². The second-order valence-electron chi connectivity index (χ2n) is 5.33. The highest BCUT2D eigenvalue weighted by Crippen LogP contribution is 2.19. The quantitative estimate of drug-likeness (QED) is 0.405. The molecule has 0 saturated heterocycles. The molecule has 2 aromatic heterocycles. The van der Waals surface area contributed by atoms with E-state index in [2.05, 4.69) is 51.9 Å². The van der Waals surface area contributed by atoms with Gasteiger partial charge >= 0.3 is 0 Å². The topological polar surface area (TPSA) is 67.1 Å². The minimum Gasteiger partial charge on any atom is -0.357 e. The van der Waals surface area contributed by atoms with Crippen LogP contribution >= 0.6 is 35.3 Å². The third kappa shape index (κ3) is 6.09. The van der Waals surface area contributed by atoms with E-state index in [1.165, 1.54) is 0 Å². The van der Waals surface area contributed by atoms with Crippen LogP contribution in [0.15, 0.2) is 22.6 Å². The molecule has 0 aliphatic carbocycles. The van der Waals surface area contributed by atoms with Crippen LogP contribution < -0.4 is 10.6 Å². The lowest BCUT2D eigenvalue weighted by molar-refractivity contribution is 0.684. The van der Waals surface area contributed by atoms with E-state index in [9.17, 15) is 0 Å². The van der Waals surface area contributed by atoms with Crippen LogP contribution in [-0.4, -0.2) is 27.3 Å². The predicted octanol–water partition coefficient (Wildman–Crippen LogP) is 2.87. The Hall–Kier alpha value is -1.16. The summed E-state index contributed by atoms with van der Waals surface area (Å²) in [5.41, 5.74) is 2.13. The number of hydrogen-bond acceptors (Lipinski definition) is 4. The molecule has 23 heavy (non-hydrogen) atoms. The van der Waals surface area contributed by atoms with Crippen LogP contribution in [0.5, 0.6) is 0 Å². The van der Waals surface area contributed by atoms with Gasteiger partial charge in [0.05, 0.1) is 29.5 Å². The van der Waals surface area contributed by atoms with Gasteiger partial charge in [0.25, 0.3) is 0 Å². The molecule has 0 saturated carbocycles. The molecule has 0 fully saturated rings. The molecule has 6 nitrogen and oxygen atoms in total. The fraction of sp³-hybridized carbons (Fsp3) is 0.533. The summed E-state index contributed by atoms with van der Waals surface area (Å²) in [4.78, 5) is 9.20. The molecule has 0 aliphatic rings. The molecule has 2 rings (SSSR count). The van der Waals surface area contributed by atoms with E-state index in [-0.39, 0.29) is 24.0 Å². The molecule has 0 aliphatic heterocycles. The fourth-order valence-electron chi connectivity index (χ4n) is 1.91. The van der Waals surface area contributed by atoms with Crippen molar-refractivity contribution in [3.63, 3.8) is 0 Å². The highest BCUT2D eigenvalue weighted by atomic mass is 127. The van der Waals surface area contributed by atoms with Gasteiger partial charge in [-0.1, -0.05) is 13.8 Å². The Balaban J connectivity index is 0.00000264. The number of aromatic nitrogens is 3. The van der Waals surface area contributed by atoms with Crippen LogP contribution in [-0.2, 0) is 20.1 Å². The van der Waals surface area contributed by atoms with Crippen LogP contribution in [0.3, 0.4) is 0 Å². The molecule has 2 aromatic rings. The summed E-state index contributed by atoms with van der Waals surface area (Å²) in [6.07, 6.45) is 1.80. The van der Waals surface area contributed by atoms with Gasteiger partial charge in [-0.3, -0.25) is 4.68 Å².